The zero-order valence-electron chi connectivity index (χ0n) is 14.1. The minimum Gasteiger partial charge on any atom is -0.481 e. The molecule has 0 saturated heterocycles. The van der Waals surface area contributed by atoms with E-state index < -0.39 is 11.4 Å². The van der Waals surface area contributed by atoms with Gasteiger partial charge in [0.2, 0.25) is 5.91 Å². The van der Waals surface area contributed by atoms with Gasteiger partial charge in [-0.2, -0.15) is 5.10 Å². The molecule has 1 aromatic heterocycles. The van der Waals surface area contributed by atoms with Crippen LogP contribution in [0.2, 0.25) is 0 Å². The van der Waals surface area contributed by atoms with Gasteiger partial charge in [-0.3, -0.25) is 14.3 Å². The number of carbonyl (C=O) groups excluding carboxylic acids is 1. The molecule has 6 nitrogen and oxygen atoms in total. The van der Waals surface area contributed by atoms with E-state index in [1.165, 1.54) is 5.56 Å². The first-order chi connectivity index (χ1) is 12.1. The number of nitrogens with zero attached hydrogens (tertiary/aromatic N) is 2. The van der Waals surface area contributed by atoms with Crippen LogP contribution in [0.1, 0.15) is 36.9 Å². The molecule has 1 aromatic carbocycles. The van der Waals surface area contributed by atoms with E-state index in [1.54, 1.807) is 6.20 Å². The lowest BCUT2D eigenvalue weighted by molar-refractivity contribution is -0.157. The number of carboxylic acid groups (broad SMARTS) is 1. The van der Waals surface area contributed by atoms with Crippen LogP contribution in [-0.4, -0.2) is 26.8 Å². The van der Waals surface area contributed by atoms with E-state index in [9.17, 15) is 14.7 Å². The van der Waals surface area contributed by atoms with Crippen molar-refractivity contribution in [3.8, 4) is 0 Å². The van der Waals surface area contributed by atoms with E-state index in [-0.39, 0.29) is 12.3 Å². The van der Waals surface area contributed by atoms with Crippen LogP contribution in [0.5, 0.6) is 0 Å². The Kier molecular flexibility index (Phi) is 5.16. The van der Waals surface area contributed by atoms with Crippen molar-refractivity contribution in [3.63, 3.8) is 0 Å². The Morgan fingerprint density at radius 3 is 2.60 bits per heavy atom. The zero-order chi connectivity index (χ0) is 17.7. The Morgan fingerprint density at radius 2 is 1.96 bits per heavy atom. The first-order valence-corrected chi connectivity index (χ1v) is 8.64. The number of carboxylic acids is 1. The highest BCUT2D eigenvalue weighted by molar-refractivity contribution is 5.85. The molecule has 0 spiro atoms. The van der Waals surface area contributed by atoms with Gasteiger partial charge in [0.15, 0.2) is 0 Å². The zero-order valence-corrected chi connectivity index (χ0v) is 14.1. The van der Waals surface area contributed by atoms with Crippen LogP contribution < -0.4 is 5.32 Å². The molecule has 0 bridgehead atoms. The molecule has 1 aliphatic carbocycles. The fourth-order valence-corrected chi connectivity index (χ4v) is 3.22. The summed E-state index contributed by atoms with van der Waals surface area (Å²) < 4.78 is 1.88. The summed E-state index contributed by atoms with van der Waals surface area (Å²) in [5.41, 5.74) is 1.31. The highest BCUT2D eigenvalue weighted by Gasteiger charge is 2.45. The third kappa shape index (κ3) is 4.07. The van der Waals surface area contributed by atoms with Crippen LogP contribution >= 0.6 is 0 Å². The normalized spacial score (nSPS) is 15.4. The molecule has 1 aliphatic rings. The third-order valence-electron chi connectivity index (χ3n) is 4.99. The number of carbonyl (C=O) groups is 2. The van der Waals surface area contributed by atoms with Gasteiger partial charge in [-0.15, -0.1) is 0 Å². The Labute approximate surface area is 146 Å². The molecule has 0 unspecified atom stereocenters. The Morgan fingerprint density at radius 1 is 1.20 bits per heavy atom. The average molecular weight is 341 g/mol. The minimum absolute atomic E-state index is 0.0560. The van der Waals surface area contributed by atoms with Crippen LogP contribution in [0.4, 0.5) is 0 Å². The van der Waals surface area contributed by atoms with E-state index in [0.717, 1.165) is 25.1 Å². The van der Waals surface area contributed by atoms with Crippen LogP contribution in [0.15, 0.2) is 42.6 Å². The summed E-state index contributed by atoms with van der Waals surface area (Å²) >= 11 is 0. The number of rotatable bonds is 8. The van der Waals surface area contributed by atoms with Crippen molar-refractivity contribution in [1.29, 1.82) is 0 Å². The molecule has 1 saturated carbocycles. The summed E-state index contributed by atoms with van der Waals surface area (Å²) in [6.45, 7) is 1.10. The summed E-state index contributed by atoms with van der Waals surface area (Å²) in [6, 6.07) is 12.0. The van der Waals surface area contributed by atoms with Crippen LogP contribution in [0.3, 0.4) is 0 Å². The number of nitrogens with one attached hydrogen (secondary N) is 1. The maximum Gasteiger partial charge on any atom is 0.310 e. The molecule has 6 heteroatoms. The molecule has 3 rings (SSSR count). The number of hydrogen-bond acceptors (Lipinski definition) is 3. The summed E-state index contributed by atoms with van der Waals surface area (Å²) in [5, 5.41) is 16.5. The predicted molar refractivity (Wildman–Crippen MR) is 92.8 cm³/mol. The van der Waals surface area contributed by atoms with E-state index in [2.05, 4.69) is 22.5 Å². The minimum atomic E-state index is -0.859. The van der Waals surface area contributed by atoms with Gasteiger partial charge in [0, 0.05) is 19.2 Å². The van der Waals surface area contributed by atoms with Gasteiger partial charge >= 0.3 is 5.97 Å². The van der Waals surface area contributed by atoms with E-state index in [0.29, 0.717) is 19.4 Å². The van der Waals surface area contributed by atoms with E-state index in [1.807, 2.05) is 28.9 Å². The van der Waals surface area contributed by atoms with Gasteiger partial charge in [0.25, 0.3) is 0 Å². The number of benzene rings is 1. The van der Waals surface area contributed by atoms with Gasteiger partial charge in [0.05, 0.1) is 17.7 Å². The van der Waals surface area contributed by atoms with Gasteiger partial charge in [-0.1, -0.05) is 36.8 Å². The second-order valence-electron chi connectivity index (χ2n) is 6.67. The van der Waals surface area contributed by atoms with Crippen molar-refractivity contribution >= 4 is 11.9 Å². The van der Waals surface area contributed by atoms with Crippen molar-refractivity contribution in [2.24, 2.45) is 5.41 Å². The number of aliphatic carboxylic acids is 1. The Hall–Kier alpha value is -2.63. The molecule has 1 fully saturated rings. The maximum atomic E-state index is 12.1. The number of aryl methyl sites for hydroxylation is 2. The summed E-state index contributed by atoms with van der Waals surface area (Å²) in [5.74, 6) is -1.07. The predicted octanol–water partition coefficient (Wildman–Crippen LogP) is 2.39. The summed E-state index contributed by atoms with van der Waals surface area (Å²) in [6.07, 6.45) is 4.70. The molecule has 2 N–H and O–H groups in total. The molecule has 132 valence electrons. The Bertz CT molecular complexity index is 735. The van der Waals surface area contributed by atoms with Crippen molar-refractivity contribution in [2.75, 3.05) is 0 Å². The largest absolute Gasteiger partial charge is 0.481 e. The van der Waals surface area contributed by atoms with Crippen LogP contribution in [0.25, 0.3) is 0 Å². The molecule has 1 heterocycles. The van der Waals surface area contributed by atoms with Crippen molar-refractivity contribution in [3.05, 3.63) is 53.9 Å². The van der Waals surface area contributed by atoms with Gasteiger partial charge in [0.1, 0.15) is 0 Å². The van der Waals surface area contributed by atoms with Crippen molar-refractivity contribution in [1.82, 2.24) is 15.1 Å². The number of hydrogen-bond donors (Lipinski definition) is 2. The summed E-state index contributed by atoms with van der Waals surface area (Å²) in [7, 11) is 0. The monoisotopic (exact) mass is 341 g/mol. The Balaban J connectivity index is 1.51. The lowest BCUT2D eigenvalue weighted by Gasteiger charge is -2.36. The molecule has 25 heavy (non-hydrogen) atoms. The van der Waals surface area contributed by atoms with Crippen molar-refractivity contribution < 1.29 is 14.7 Å². The first kappa shape index (κ1) is 17.2. The standard InChI is InChI=1S/C19H23N3O3/c23-17(13-19(18(24)25)9-4-10-19)20-14-16-7-11-21-22(16)12-8-15-5-2-1-3-6-15/h1-3,5-7,11H,4,8-10,12-14H2,(H,20,23)(H,24,25). The van der Waals surface area contributed by atoms with E-state index in [4.69, 9.17) is 0 Å². The fourth-order valence-electron chi connectivity index (χ4n) is 3.22. The van der Waals surface area contributed by atoms with Gasteiger partial charge in [-0.05, 0) is 30.9 Å². The average Bonchev–Trinajstić information content (AvgIpc) is 3.02. The van der Waals surface area contributed by atoms with Gasteiger partial charge in [-0.25, -0.2) is 0 Å². The highest BCUT2D eigenvalue weighted by atomic mass is 16.4. The molecular formula is C19H23N3O3. The SMILES string of the molecule is O=C(CC1(C(=O)O)CCC1)NCc1ccnn1CCc1ccccc1. The summed E-state index contributed by atoms with van der Waals surface area (Å²) in [4.78, 5) is 23.5. The van der Waals surface area contributed by atoms with Gasteiger partial charge < -0.3 is 10.4 Å². The molecule has 0 aliphatic heterocycles. The molecule has 1 amide bonds. The van der Waals surface area contributed by atoms with Crippen molar-refractivity contribution in [2.45, 2.75) is 45.2 Å². The second-order valence-corrected chi connectivity index (χ2v) is 6.67. The quantitative estimate of drug-likeness (QED) is 0.772. The molecule has 0 radical (unpaired) electrons. The van der Waals surface area contributed by atoms with Crippen LogP contribution in [-0.2, 0) is 29.1 Å². The number of aromatic nitrogens is 2. The number of amides is 1. The molecule has 0 atom stereocenters. The van der Waals surface area contributed by atoms with E-state index >= 15 is 0 Å². The molecular weight excluding hydrogens is 318 g/mol. The smallest absolute Gasteiger partial charge is 0.310 e. The topological polar surface area (TPSA) is 84.2 Å². The first-order valence-electron chi connectivity index (χ1n) is 8.64. The lowest BCUT2D eigenvalue weighted by Crippen LogP contribution is -2.42. The third-order valence-corrected chi connectivity index (χ3v) is 4.99. The second kappa shape index (κ2) is 7.51. The highest BCUT2D eigenvalue weighted by Crippen LogP contribution is 2.44. The lowest BCUT2D eigenvalue weighted by atomic mass is 9.66. The maximum absolute atomic E-state index is 12.1. The fraction of sp³-hybridized carbons (Fsp3) is 0.421. The van der Waals surface area contributed by atoms with Crippen LogP contribution in [0, 0.1) is 5.41 Å². The molecule has 2 aromatic rings.